The third-order valence-corrected chi connectivity index (χ3v) is 3.79. The molecule has 1 aromatic rings. The molecule has 0 saturated carbocycles. The van der Waals surface area contributed by atoms with Crippen LogP contribution in [0.2, 0.25) is 0 Å². The zero-order valence-electron chi connectivity index (χ0n) is 7.53. The molecule has 1 nitrogen and oxygen atoms in total. The Balaban J connectivity index is 0.00000144. The molecular weight excluding hydrogens is 222 g/mol. The Morgan fingerprint density at radius 2 is 1.85 bits per heavy atom. The van der Waals surface area contributed by atoms with Gasteiger partial charge in [-0.3, -0.25) is 0 Å². The lowest BCUT2D eigenvalue weighted by Gasteiger charge is -1.99. The van der Waals surface area contributed by atoms with Gasteiger partial charge in [-0.05, 0) is 19.1 Å². The fraction of sp³-hybridized carbons (Fsp3) is 0.333. The standard InChI is InChI=1S/C9H13NS2.ClH/c1-8-2-4-9(5-3-8)12-11-7-6-10;/h2-5H,6-7,10H2,1H3;1H. The van der Waals surface area contributed by atoms with Crippen molar-refractivity contribution in [2.75, 3.05) is 12.3 Å². The van der Waals surface area contributed by atoms with E-state index in [4.69, 9.17) is 5.73 Å². The van der Waals surface area contributed by atoms with Gasteiger partial charge >= 0.3 is 0 Å². The maximum absolute atomic E-state index is 5.38. The van der Waals surface area contributed by atoms with Crippen molar-refractivity contribution in [1.82, 2.24) is 0 Å². The Hall–Kier alpha value is 0.170. The molecule has 0 aliphatic rings. The minimum atomic E-state index is 0. The Morgan fingerprint density at radius 1 is 1.23 bits per heavy atom. The molecule has 0 aromatic heterocycles. The van der Waals surface area contributed by atoms with Crippen LogP contribution in [0.15, 0.2) is 29.2 Å². The first-order valence-electron chi connectivity index (χ1n) is 3.89. The quantitative estimate of drug-likeness (QED) is 0.642. The van der Waals surface area contributed by atoms with Gasteiger partial charge in [-0.2, -0.15) is 0 Å². The second kappa shape index (κ2) is 7.56. The number of aryl methyl sites for hydroxylation is 1. The third kappa shape index (κ3) is 5.47. The van der Waals surface area contributed by atoms with E-state index in [-0.39, 0.29) is 12.4 Å². The van der Waals surface area contributed by atoms with Crippen LogP contribution >= 0.6 is 34.0 Å². The Morgan fingerprint density at radius 3 is 2.38 bits per heavy atom. The van der Waals surface area contributed by atoms with E-state index in [1.165, 1.54) is 10.5 Å². The molecule has 0 saturated heterocycles. The van der Waals surface area contributed by atoms with E-state index in [0.29, 0.717) is 0 Å². The van der Waals surface area contributed by atoms with E-state index >= 15 is 0 Å². The summed E-state index contributed by atoms with van der Waals surface area (Å²) in [6, 6.07) is 8.55. The van der Waals surface area contributed by atoms with Gasteiger partial charge in [-0.15, -0.1) is 12.4 Å². The molecule has 0 unspecified atom stereocenters. The van der Waals surface area contributed by atoms with Crippen molar-refractivity contribution in [3.63, 3.8) is 0 Å². The molecule has 74 valence electrons. The molecular formula is C9H14ClNS2. The molecule has 0 atom stereocenters. The molecule has 1 aromatic carbocycles. The largest absolute Gasteiger partial charge is 0.330 e. The van der Waals surface area contributed by atoms with Gasteiger partial charge in [0.05, 0.1) is 0 Å². The molecule has 0 fully saturated rings. The van der Waals surface area contributed by atoms with Crippen molar-refractivity contribution >= 4 is 34.0 Å². The Labute approximate surface area is 93.7 Å². The Kier molecular flexibility index (Phi) is 7.66. The van der Waals surface area contributed by atoms with Crippen LogP contribution in [-0.2, 0) is 0 Å². The first kappa shape index (κ1) is 13.2. The number of hydrogen-bond acceptors (Lipinski definition) is 3. The molecule has 0 amide bonds. The van der Waals surface area contributed by atoms with Crippen LogP contribution in [0.5, 0.6) is 0 Å². The summed E-state index contributed by atoms with van der Waals surface area (Å²) in [6.45, 7) is 2.85. The normalized spacial score (nSPS) is 9.38. The monoisotopic (exact) mass is 235 g/mol. The van der Waals surface area contributed by atoms with E-state index in [9.17, 15) is 0 Å². The summed E-state index contributed by atoms with van der Waals surface area (Å²) in [5.41, 5.74) is 6.69. The summed E-state index contributed by atoms with van der Waals surface area (Å²) in [6.07, 6.45) is 0. The molecule has 4 heteroatoms. The summed E-state index contributed by atoms with van der Waals surface area (Å²) in [5, 5.41) is 0. The molecule has 0 bridgehead atoms. The zero-order valence-corrected chi connectivity index (χ0v) is 9.98. The average Bonchev–Trinajstić information content (AvgIpc) is 2.09. The lowest BCUT2D eigenvalue weighted by molar-refractivity contribution is 1.16. The first-order valence-corrected chi connectivity index (χ1v) is 6.21. The van der Waals surface area contributed by atoms with Crippen molar-refractivity contribution in [1.29, 1.82) is 0 Å². The lowest BCUT2D eigenvalue weighted by atomic mass is 10.2. The van der Waals surface area contributed by atoms with Gasteiger partial charge in [0, 0.05) is 17.2 Å². The zero-order chi connectivity index (χ0) is 8.81. The van der Waals surface area contributed by atoms with Crippen LogP contribution in [0.1, 0.15) is 5.56 Å². The first-order chi connectivity index (χ1) is 5.83. The van der Waals surface area contributed by atoms with E-state index in [1.807, 2.05) is 0 Å². The summed E-state index contributed by atoms with van der Waals surface area (Å²) in [5.74, 6) is 1.01. The second-order valence-electron chi connectivity index (χ2n) is 2.51. The van der Waals surface area contributed by atoms with E-state index in [0.717, 1.165) is 12.3 Å². The van der Waals surface area contributed by atoms with Gasteiger partial charge in [-0.25, -0.2) is 0 Å². The van der Waals surface area contributed by atoms with E-state index < -0.39 is 0 Å². The highest BCUT2D eigenvalue weighted by Crippen LogP contribution is 2.30. The molecule has 0 spiro atoms. The number of benzene rings is 1. The van der Waals surface area contributed by atoms with E-state index in [1.54, 1.807) is 21.6 Å². The van der Waals surface area contributed by atoms with Crippen molar-refractivity contribution in [2.45, 2.75) is 11.8 Å². The summed E-state index contributed by atoms with van der Waals surface area (Å²) >= 11 is 0. The van der Waals surface area contributed by atoms with Gasteiger partial charge in [0.15, 0.2) is 0 Å². The smallest absolute Gasteiger partial charge is 0.0182 e. The average molecular weight is 236 g/mol. The number of rotatable bonds is 4. The number of hydrogen-bond donors (Lipinski definition) is 1. The van der Waals surface area contributed by atoms with Crippen LogP contribution in [0.3, 0.4) is 0 Å². The predicted molar refractivity (Wildman–Crippen MR) is 65.8 cm³/mol. The van der Waals surface area contributed by atoms with Gasteiger partial charge in [0.25, 0.3) is 0 Å². The highest BCUT2D eigenvalue weighted by Gasteiger charge is 1.92. The van der Waals surface area contributed by atoms with Gasteiger partial charge in [0.1, 0.15) is 0 Å². The molecule has 2 N–H and O–H groups in total. The molecule has 0 radical (unpaired) electrons. The SMILES string of the molecule is Cc1ccc(SSCCN)cc1.Cl. The fourth-order valence-electron chi connectivity index (χ4n) is 0.752. The highest BCUT2D eigenvalue weighted by atomic mass is 35.5. The van der Waals surface area contributed by atoms with Crippen LogP contribution in [0.4, 0.5) is 0 Å². The van der Waals surface area contributed by atoms with Crippen molar-refractivity contribution < 1.29 is 0 Å². The van der Waals surface area contributed by atoms with Crippen molar-refractivity contribution in [2.24, 2.45) is 5.73 Å². The van der Waals surface area contributed by atoms with Gasteiger partial charge in [0.2, 0.25) is 0 Å². The summed E-state index contributed by atoms with van der Waals surface area (Å²) in [4.78, 5) is 1.30. The number of nitrogens with two attached hydrogens (primary N) is 1. The summed E-state index contributed by atoms with van der Waals surface area (Å²) < 4.78 is 0. The minimum absolute atomic E-state index is 0. The fourth-order valence-corrected chi connectivity index (χ4v) is 2.59. The van der Waals surface area contributed by atoms with Crippen molar-refractivity contribution in [3.05, 3.63) is 29.8 Å². The third-order valence-electron chi connectivity index (χ3n) is 1.38. The van der Waals surface area contributed by atoms with Gasteiger partial charge < -0.3 is 5.73 Å². The highest BCUT2D eigenvalue weighted by molar-refractivity contribution is 8.76. The Bertz CT molecular complexity index is 226. The topological polar surface area (TPSA) is 26.0 Å². The van der Waals surface area contributed by atoms with Crippen LogP contribution in [0.25, 0.3) is 0 Å². The van der Waals surface area contributed by atoms with Gasteiger partial charge in [-0.1, -0.05) is 39.3 Å². The maximum Gasteiger partial charge on any atom is 0.0182 e. The molecule has 0 heterocycles. The van der Waals surface area contributed by atoms with E-state index in [2.05, 4.69) is 31.2 Å². The van der Waals surface area contributed by atoms with Crippen LogP contribution in [-0.4, -0.2) is 12.3 Å². The minimum Gasteiger partial charge on any atom is -0.330 e. The molecule has 1 rings (SSSR count). The predicted octanol–water partition coefficient (Wildman–Crippen LogP) is 3.12. The molecule has 0 aliphatic heterocycles. The lowest BCUT2D eigenvalue weighted by Crippen LogP contribution is -1.99. The molecule has 13 heavy (non-hydrogen) atoms. The second-order valence-corrected chi connectivity index (χ2v) is 5.00. The van der Waals surface area contributed by atoms with Crippen LogP contribution < -0.4 is 5.73 Å². The van der Waals surface area contributed by atoms with Crippen LogP contribution in [0, 0.1) is 6.92 Å². The number of halogens is 1. The maximum atomic E-state index is 5.38. The molecule has 0 aliphatic carbocycles. The van der Waals surface area contributed by atoms with Crippen molar-refractivity contribution in [3.8, 4) is 0 Å². The summed E-state index contributed by atoms with van der Waals surface area (Å²) in [7, 11) is 3.59.